The Morgan fingerprint density at radius 1 is 1.06 bits per heavy atom. The first-order valence-corrected chi connectivity index (χ1v) is 7.35. The van der Waals surface area contributed by atoms with Crippen molar-refractivity contribution >= 4 is 6.08 Å². The summed E-state index contributed by atoms with van der Waals surface area (Å²) in [5.74, 6) is 1.41. The Morgan fingerprint density at radius 2 is 1.72 bits per heavy atom. The van der Waals surface area contributed by atoms with Crippen molar-refractivity contribution in [2.24, 2.45) is 11.8 Å². The Kier molecular flexibility index (Phi) is 9.36. The summed E-state index contributed by atoms with van der Waals surface area (Å²) in [5.41, 5.74) is 2.79. The Labute approximate surface area is 114 Å². The van der Waals surface area contributed by atoms with E-state index in [2.05, 4.69) is 64.1 Å². The molecule has 0 bridgehead atoms. The number of aryl methyl sites for hydroxylation is 1. The molecule has 0 fully saturated rings. The lowest BCUT2D eigenvalue weighted by Gasteiger charge is -2.05. The summed E-state index contributed by atoms with van der Waals surface area (Å²) in [6.07, 6.45) is 6.95. The molecule has 0 saturated carbocycles. The quantitative estimate of drug-likeness (QED) is 0.600. The second-order valence-electron chi connectivity index (χ2n) is 5.28. The van der Waals surface area contributed by atoms with Gasteiger partial charge in [-0.3, -0.25) is 0 Å². The van der Waals surface area contributed by atoms with Gasteiger partial charge in [0.05, 0.1) is 0 Å². The lowest BCUT2D eigenvalue weighted by molar-refractivity contribution is 0.586. The highest BCUT2D eigenvalue weighted by atomic mass is 14.0. The van der Waals surface area contributed by atoms with Gasteiger partial charge >= 0.3 is 0 Å². The van der Waals surface area contributed by atoms with Crippen molar-refractivity contribution in [2.45, 2.75) is 54.4 Å². The van der Waals surface area contributed by atoms with Crippen LogP contribution in [-0.4, -0.2) is 0 Å². The predicted molar refractivity (Wildman–Crippen MR) is 84.8 cm³/mol. The fraction of sp³-hybridized carbons (Fsp3) is 0.556. The standard InChI is InChI=1S/C16H24.C2H6/c1-13(2)8-10-15-6-5-7-16(12-15)11-9-14(3)4;1-2/h5-8,10,12-14H,9,11H2,1-4H3;1-2H3/b10-8+;. The summed E-state index contributed by atoms with van der Waals surface area (Å²) in [6.45, 7) is 13.0. The molecule has 18 heavy (non-hydrogen) atoms. The minimum atomic E-state index is 0.624. The maximum absolute atomic E-state index is 2.31. The molecule has 0 unspecified atom stereocenters. The number of allylic oxidation sites excluding steroid dienone is 1. The van der Waals surface area contributed by atoms with Crippen molar-refractivity contribution in [3.05, 3.63) is 41.5 Å². The summed E-state index contributed by atoms with van der Waals surface area (Å²) in [4.78, 5) is 0. The van der Waals surface area contributed by atoms with Gasteiger partial charge in [-0.2, -0.15) is 0 Å². The zero-order chi connectivity index (χ0) is 14.0. The van der Waals surface area contributed by atoms with Gasteiger partial charge < -0.3 is 0 Å². The Balaban J connectivity index is 0.00000137. The molecule has 0 aliphatic rings. The van der Waals surface area contributed by atoms with Crippen LogP contribution < -0.4 is 0 Å². The molecule has 0 atom stereocenters. The van der Waals surface area contributed by atoms with Gasteiger partial charge in [0.2, 0.25) is 0 Å². The summed E-state index contributed by atoms with van der Waals surface area (Å²) >= 11 is 0. The molecule has 1 aromatic carbocycles. The average Bonchev–Trinajstić information content (AvgIpc) is 2.37. The molecular formula is C18H30. The smallest absolute Gasteiger partial charge is 0.0257 e. The van der Waals surface area contributed by atoms with Crippen molar-refractivity contribution in [3.8, 4) is 0 Å². The molecule has 1 aromatic rings. The Hall–Kier alpha value is -1.04. The van der Waals surface area contributed by atoms with Gasteiger partial charge in [-0.1, -0.05) is 78.0 Å². The lowest BCUT2D eigenvalue weighted by Crippen LogP contribution is -1.92. The first-order valence-electron chi connectivity index (χ1n) is 7.35. The van der Waals surface area contributed by atoms with Gasteiger partial charge in [-0.05, 0) is 35.8 Å². The molecule has 0 aromatic heterocycles. The van der Waals surface area contributed by atoms with Crippen LogP contribution in [0.25, 0.3) is 6.08 Å². The van der Waals surface area contributed by atoms with E-state index in [-0.39, 0.29) is 0 Å². The van der Waals surface area contributed by atoms with Crippen LogP contribution in [0.1, 0.15) is 59.1 Å². The molecule has 0 amide bonds. The fourth-order valence-corrected chi connectivity index (χ4v) is 1.61. The van der Waals surface area contributed by atoms with Crippen molar-refractivity contribution in [2.75, 3.05) is 0 Å². The highest BCUT2D eigenvalue weighted by Crippen LogP contribution is 2.13. The van der Waals surface area contributed by atoms with Gasteiger partial charge in [0.1, 0.15) is 0 Å². The molecule has 0 heterocycles. The maximum atomic E-state index is 2.31. The molecule has 0 nitrogen and oxygen atoms in total. The zero-order valence-electron chi connectivity index (χ0n) is 13.0. The first-order chi connectivity index (χ1) is 8.58. The Morgan fingerprint density at radius 3 is 2.28 bits per heavy atom. The fourth-order valence-electron chi connectivity index (χ4n) is 1.61. The summed E-state index contributed by atoms with van der Waals surface area (Å²) in [5, 5.41) is 0. The SMILES string of the molecule is CC.CC(C)/C=C/c1cccc(CCC(C)C)c1. The van der Waals surface area contributed by atoms with E-state index in [1.54, 1.807) is 0 Å². The highest BCUT2D eigenvalue weighted by molar-refractivity contribution is 5.50. The number of hydrogen-bond donors (Lipinski definition) is 0. The van der Waals surface area contributed by atoms with Crippen LogP contribution in [-0.2, 0) is 6.42 Å². The van der Waals surface area contributed by atoms with E-state index < -0.39 is 0 Å². The van der Waals surface area contributed by atoms with Gasteiger partial charge in [-0.25, -0.2) is 0 Å². The molecule has 0 saturated heterocycles. The molecule has 0 aliphatic carbocycles. The third kappa shape index (κ3) is 8.11. The zero-order valence-corrected chi connectivity index (χ0v) is 13.0. The van der Waals surface area contributed by atoms with Gasteiger partial charge in [0, 0.05) is 0 Å². The minimum Gasteiger partial charge on any atom is -0.0814 e. The molecule has 0 heteroatoms. The normalized spacial score (nSPS) is 10.9. The maximum Gasteiger partial charge on any atom is -0.0257 e. The van der Waals surface area contributed by atoms with E-state index >= 15 is 0 Å². The predicted octanol–water partition coefficient (Wildman–Crippen LogP) is 5.97. The van der Waals surface area contributed by atoms with Crippen molar-refractivity contribution in [1.82, 2.24) is 0 Å². The van der Waals surface area contributed by atoms with Crippen LogP contribution in [0, 0.1) is 11.8 Å². The van der Waals surface area contributed by atoms with Gasteiger partial charge in [0.15, 0.2) is 0 Å². The van der Waals surface area contributed by atoms with Crippen molar-refractivity contribution in [3.63, 3.8) is 0 Å². The molecular weight excluding hydrogens is 216 g/mol. The topological polar surface area (TPSA) is 0 Å². The van der Waals surface area contributed by atoms with Crippen molar-refractivity contribution in [1.29, 1.82) is 0 Å². The van der Waals surface area contributed by atoms with E-state index in [9.17, 15) is 0 Å². The van der Waals surface area contributed by atoms with Crippen LogP contribution in [0.4, 0.5) is 0 Å². The van der Waals surface area contributed by atoms with E-state index in [1.807, 2.05) is 13.8 Å². The number of benzene rings is 1. The average molecular weight is 246 g/mol. The Bertz CT molecular complexity index is 332. The van der Waals surface area contributed by atoms with Crippen LogP contribution >= 0.6 is 0 Å². The second-order valence-corrected chi connectivity index (χ2v) is 5.28. The molecule has 0 N–H and O–H groups in total. The van der Waals surface area contributed by atoms with Crippen LogP contribution in [0.15, 0.2) is 30.3 Å². The van der Waals surface area contributed by atoms with Crippen LogP contribution in [0.3, 0.4) is 0 Å². The summed E-state index contributed by atoms with van der Waals surface area (Å²) in [7, 11) is 0. The highest BCUT2D eigenvalue weighted by Gasteiger charge is 1.97. The molecule has 102 valence electrons. The molecule has 1 rings (SSSR count). The number of rotatable bonds is 5. The second kappa shape index (κ2) is 9.94. The summed E-state index contributed by atoms with van der Waals surface area (Å²) in [6, 6.07) is 8.88. The van der Waals surface area contributed by atoms with E-state index in [4.69, 9.17) is 0 Å². The lowest BCUT2D eigenvalue weighted by atomic mass is 10.0. The van der Waals surface area contributed by atoms with E-state index in [0.717, 1.165) is 5.92 Å². The van der Waals surface area contributed by atoms with Crippen LogP contribution in [0.2, 0.25) is 0 Å². The molecule has 0 aliphatic heterocycles. The van der Waals surface area contributed by atoms with E-state index in [0.29, 0.717) is 5.92 Å². The molecule has 0 radical (unpaired) electrons. The first kappa shape index (κ1) is 17.0. The largest absolute Gasteiger partial charge is 0.0814 e. The van der Waals surface area contributed by atoms with Crippen molar-refractivity contribution < 1.29 is 0 Å². The summed E-state index contributed by atoms with van der Waals surface area (Å²) < 4.78 is 0. The number of hydrogen-bond acceptors (Lipinski definition) is 0. The van der Waals surface area contributed by atoms with E-state index in [1.165, 1.54) is 24.0 Å². The van der Waals surface area contributed by atoms with Gasteiger partial charge in [-0.15, -0.1) is 0 Å². The third-order valence-electron chi connectivity index (χ3n) is 2.63. The van der Waals surface area contributed by atoms with Crippen LogP contribution in [0.5, 0.6) is 0 Å². The molecule has 0 spiro atoms. The minimum absolute atomic E-state index is 0.624. The monoisotopic (exact) mass is 246 g/mol. The third-order valence-corrected chi connectivity index (χ3v) is 2.63. The van der Waals surface area contributed by atoms with Gasteiger partial charge in [0.25, 0.3) is 0 Å².